The Hall–Kier alpha value is -0.170. The van der Waals surface area contributed by atoms with Crippen molar-refractivity contribution < 1.29 is 4.79 Å². The molecular weight excluding hydrogens is 374 g/mol. The van der Waals surface area contributed by atoms with Crippen molar-refractivity contribution >= 4 is 60.4 Å². The van der Waals surface area contributed by atoms with Gasteiger partial charge in [-0.05, 0) is 44.0 Å². The van der Waals surface area contributed by atoms with Gasteiger partial charge in [-0.25, -0.2) is 0 Å². The second-order valence-electron chi connectivity index (χ2n) is 3.05. The van der Waals surface area contributed by atoms with Crippen molar-refractivity contribution in [2.75, 3.05) is 0 Å². The highest BCUT2D eigenvalue weighted by atomic mass is 79.9. The molecule has 0 saturated carbocycles. The number of halogens is 2. The van der Waals surface area contributed by atoms with Crippen molar-refractivity contribution in [3.8, 4) is 0 Å². The molecular formula is C10H7Br2NOS2. The van der Waals surface area contributed by atoms with Crippen LogP contribution < -0.4 is 5.32 Å². The number of thiophene rings is 2. The van der Waals surface area contributed by atoms with Gasteiger partial charge < -0.3 is 5.32 Å². The lowest BCUT2D eigenvalue weighted by Gasteiger charge is -2.00. The Bertz CT molecular complexity index is 506. The van der Waals surface area contributed by atoms with Gasteiger partial charge in [0.2, 0.25) is 0 Å². The zero-order valence-electron chi connectivity index (χ0n) is 8.00. The second kappa shape index (κ2) is 5.44. The van der Waals surface area contributed by atoms with Crippen molar-refractivity contribution in [3.05, 3.63) is 41.6 Å². The van der Waals surface area contributed by atoms with Crippen LogP contribution in [0.4, 0.5) is 0 Å². The molecule has 0 bridgehead atoms. The van der Waals surface area contributed by atoms with E-state index in [2.05, 4.69) is 37.2 Å². The molecule has 1 N–H and O–H groups in total. The Labute approximate surface area is 118 Å². The van der Waals surface area contributed by atoms with E-state index in [9.17, 15) is 4.79 Å². The molecule has 0 aliphatic heterocycles. The van der Waals surface area contributed by atoms with E-state index in [1.807, 2.05) is 22.9 Å². The minimum Gasteiger partial charge on any atom is -0.347 e. The van der Waals surface area contributed by atoms with Crippen molar-refractivity contribution in [2.45, 2.75) is 6.54 Å². The van der Waals surface area contributed by atoms with Gasteiger partial charge in [-0.2, -0.15) is 0 Å². The Morgan fingerprint density at radius 1 is 1.25 bits per heavy atom. The summed E-state index contributed by atoms with van der Waals surface area (Å²) in [6, 6.07) is 3.83. The van der Waals surface area contributed by atoms with E-state index in [1.54, 1.807) is 11.3 Å². The van der Waals surface area contributed by atoms with Gasteiger partial charge in [0.25, 0.3) is 5.91 Å². The number of hydrogen-bond donors (Lipinski definition) is 1. The predicted octanol–water partition coefficient (Wildman–Crippen LogP) is 4.26. The van der Waals surface area contributed by atoms with E-state index in [-0.39, 0.29) is 5.91 Å². The molecule has 2 heterocycles. The molecule has 1 amide bonds. The zero-order valence-corrected chi connectivity index (χ0v) is 12.8. The van der Waals surface area contributed by atoms with Crippen LogP contribution in [-0.2, 0) is 6.54 Å². The molecule has 0 unspecified atom stereocenters. The molecule has 0 aliphatic rings. The van der Waals surface area contributed by atoms with Gasteiger partial charge in [-0.15, -0.1) is 22.7 Å². The molecule has 2 aromatic rings. The number of carbonyl (C=O) groups is 1. The first-order valence-corrected chi connectivity index (χ1v) is 7.75. The molecule has 2 nitrogen and oxygen atoms in total. The van der Waals surface area contributed by atoms with Gasteiger partial charge >= 0.3 is 0 Å². The summed E-state index contributed by atoms with van der Waals surface area (Å²) in [7, 11) is 0. The summed E-state index contributed by atoms with van der Waals surface area (Å²) in [6.45, 7) is 0.572. The Morgan fingerprint density at radius 3 is 2.62 bits per heavy atom. The van der Waals surface area contributed by atoms with Crippen LogP contribution in [0, 0.1) is 0 Å². The number of nitrogens with one attached hydrogen (secondary N) is 1. The van der Waals surface area contributed by atoms with Gasteiger partial charge in [0.1, 0.15) is 0 Å². The van der Waals surface area contributed by atoms with Crippen molar-refractivity contribution in [1.29, 1.82) is 0 Å². The van der Waals surface area contributed by atoms with Crippen LogP contribution in [0.1, 0.15) is 15.2 Å². The summed E-state index contributed by atoms with van der Waals surface area (Å²) < 4.78 is 2.02. The summed E-state index contributed by atoms with van der Waals surface area (Å²) in [5.41, 5.74) is 0.701. The first-order chi connectivity index (χ1) is 7.65. The first kappa shape index (κ1) is 12.3. The normalized spacial score (nSPS) is 10.4. The lowest BCUT2D eigenvalue weighted by atomic mass is 10.3. The summed E-state index contributed by atoms with van der Waals surface area (Å²) >= 11 is 9.85. The molecule has 2 rings (SSSR count). The van der Waals surface area contributed by atoms with E-state index < -0.39 is 0 Å². The van der Waals surface area contributed by atoms with Crippen LogP contribution in [0.15, 0.2) is 31.2 Å². The van der Waals surface area contributed by atoms with Crippen LogP contribution in [0.2, 0.25) is 0 Å². The summed E-state index contributed by atoms with van der Waals surface area (Å²) in [4.78, 5) is 12.8. The number of rotatable bonds is 3. The van der Waals surface area contributed by atoms with Crippen LogP contribution in [0.3, 0.4) is 0 Å². The summed E-state index contributed by atoms with van der Waals surface area (Å²) in [5.74, 6) is -0.0357. The molecule has 2 aromatic heterocycles. The van der Waals surface area contributed by atoms with Crippen LogP contribution >= 0.6 is 54.5 Å². The highest BCUT2D eigenvalue weighted by molar-refractivity contribution is 9.11. The van der Waals surface area contributed by atoms with Crippen molar-refractivity contribution in [2.24, 2.45) is 0 Å². The summed E-state index contributed by atoms with van der Waals surface area (Å²) in [5, 5.41) is 6.72. The fourth-order valence-corrected chi connectivity index (χ4v) is 3.67. The van der Waals surface area contributed by atoms with Crippen LogP contribution in [0.5, 0.6) is 0 Å². The Morgan fingerprint density at radius 2 is 2.06 bits per heavy atom. The minimum atomic E-state index is -0.0357. The van der Waals surface area contributed by atoms with E-state index in [0.717, 1.165) is 13.1 Å². The maximum atomic E-state index is 11.7. The van der Waals surface area contributed by atoms with Gasteiger partial charge in [0.15, 0.2) is 0 Å². The molecule has 0 fully saturated rings. The lowest BCUT2D eigenvalue weighted by molar-refractivity contribution is 0.0951. The Balaban J connectivity index is 1.93. The fourth-order valence-electron chi connectivity index (χ4n) is 1.15. The smallest absolute Gasteiger partial charge is 0.252 e. The molecule has 0 spiro atoms. The van der Waals surface area contributed by atoms with Gasteiger partial charge in [-0.3, -0.25) is 4.79 Å². The number of amides is 1. The maximum Gasteiger partial charge on any atom is 0.252 e. The average molecular weight is 381 g/mol. The molecule has 0 atom stereocenters. The number of hydrogen-bond acceptors (Lipinski definition) is 3. The summed E-state index contributed by atoms with van der Waals surface area (Å²) in [6.07, 6.45) is 0. The van der Waals surface area contributed by atoms with Crippen molar-refractivity contribution in [3.63, 3.8) is 0 Å². The molecule has 0 saturated heterocycles. The zero-order chi connectivity index (χ0) is 11.5. The standard InChI is InChI=1S/C10H7Br2NOS2/c11-7-2-8(15-5-7)3-13-10(14)6-1-9(12)16-4-6/h1-2,4-5H,3H2,(H,13,14). The number of carbonyl (C=O) groups excluding carboxylic acids is 1. The molecule has 0 aromatic carbocycles. The third-order valence-corrected chi connectivity index (χ3v) is 5.08. The first-order valence-electron chi connectivity index (χ1n) is 4.40. The van der Waals surface area contributed by atoms with Gasteiger partial charge in [-0.1, -0.05) is 0 Å². The molecule has 0 radical (unpaired) electrons. The van der Waals surface area contributed by atoms with Gasteiger partial charge in [0.05, 0.1) is 15.9 Å². The highest BCUT2D eigenvalue weighted by Crippen LogP contribution is 2.21. The molecule has 6 heteroatoms. The second-order valence-corrected chi connectivity index (χ2v) is 7.26. The maximum absolute atomic E-state index is 11.7. The van der Waals surface area contributed by atoms with E-state index >= 15 is 0 Å². The van der Waals surface area contributed by atoms with Crippen LogP contribution in [0.25, 0.3) is 0 Å². The van der Waals surface area contributed by atoms with Gasteiger partial charge in [0, 0.05) is 20.1 Å². The Kier molecular flexibility index (Phi) is 4.18. The highest BCUT2D eigenvalue weighted by Gasteiger charge is 2.07. The third kappa shape index (κ3) is 3.16. The van der Waals surface area contributed by atoms with Crippen molar-refractivity contribution in [1.82, 2.24) is 5.32 Å². The quantitative estimate of drug-likeness (QED) is 0.846. The van der Waals surface area contributed by atoms with Crippen LogP contribution in [-0.4, -0.2) is 5.91 Å². The average Bonchev–Trinajstić information content (AvgIpc) is 2.84. The van der Waals surface area contributed by atoms with E-state index in [0.29, 0.717) is 12.1 Å². The monoisotopic (exact) mass is 379 g/mol. The molecule has 0 aliphatic carbocycles. The predicted molar refractivity (Wildman–Crippen MR) is 75.2 cm³/mol. The largest absolute Gasteiger partial charge is 0.347 e. The third-order valence-electron chi connectivity index (χ3n) is 1.87. The molecule has 16 heavy (non-hydrogen) atoms. The SMILES string of the molecule is O=C(NCc1cc(Br)cs1)c1csc(Br)c1. The molecule has 84 valence electrons. The topological polar surface area (TPSA) is 29.1 Å². The lowest BCUT2D eigenvalue weighted by Crippen LogP contribution is -2.21. The van der Waals surface area contributed by atoms with E-state index in [4.69, 9.17) is 0 Å². The van der Waals surface area contributed by atoms with E-state index in [1.165, 1.54) is 11.3 Å². The minimum absolute atomic E-state index is 0.0357. The fraction of sp³-hybridized carbons (Fsp3) is 0.100.